The van der Waals surface area contributed by atoms with E-state index in [0.29, 0.717) is 17.0 Å². The van der Waals surface area contributed by atoms with Crippen LogP contribution >= 0.6 is 34.5 Å². The maximum atomic E-state index is 13.7. The zero-order valence-electron chi connectivity index (χ0n) is 10.0. The Hall–Kier alpha value is -0.640. The van der Waals surface area contributed by atoms with Gasteiger partial charge in [0.15, 0.2) is 0 Å². The highest BCUT2D eigenvalue weighted by atomic mass is 35.5. The zero-order chi connectivity index (χ0) is 13.3. The predicted octanol–water partition coefficient (Wildman–Crippen LogP) is 5.08. The van der Waals surface area contributed by atoms with Crippen LogP contribution in [0.1, 0.15) is 26.5 Å². The van der Waals surface area contributed by atoms with E-state index in [2.05, 4.69) is 4.98 Å². The van der Waals surface area contributed by atoms with E-state index in [9.17, 15) is 4.39 Å². The molecule has 0 fully saturated rings. The molecule has 0 amide bonds. The number of benzene rings is 1. The van der Waals surface area contributed by atoms with Crippen molar-refractivity contribution in [1.29, 1.82) is 0 Å². The molecule has 0 aliphatic rings. The van der Waals surface area contributed by atoms with Crippen LogP contribution in [0.3, 0.4) is 0 Å². The van der Waals surface area contributed by atoms with Gasteiger partial charge in [0.05, 0.1) is 16.1 Å². The Morgan fingerprint density at radius 2 is 2.11 bits per heavy atom. The number of thiazole rings is 1. The van der Waals surface area contributed by atoms with E-state index in [4.69, 9.17) is 23.2 Å². The molecule has 0 saturated heterocycles. The molecular formula is C13H12Cl2FNS. The molecule has 2 aromatic rings. The monoisotopic (exact) mass is 303 g/mol. The normalized spacial score (nSPS) is 12.7. The lowest BCUT2D eigenvalue weighted by atomic mass is 10.1. The van der Waals surface area contributed by atoms with Gasteiger partial charge in [-0.1, -0.05) is 17.7 Å². The number of hydrogen-bond donors (Lipinski definition) is 0. The van der Waals surface area contributed by atoms with Gasteiger partial charge in [-0.05, 0) is 32.4 Å². The number of nitrogens with zero attached hydrogens (tertiary/aromatic N) is 1. The SMILES string of the molecule is Cc1nc(C)c(C(Cl)Cc2c(F)cccc2Cl)s1. The van der Waals surface area contributed by atoms with Crippen LogP contribution < -0.4 is 0 Å². The number of hydrogen-bond acceptors (Lipinski definition) is 2. The summed E-state index contributed by atoms with van der Waals surface area (Å²) < 4.78 is 13.7. The molecule has 1 unspecified atom stereocenters. The zero-order valence-corrected chi connectivity index (χ0v) is 12.3. The third-order valence-corrected chi connectivity index (χ3v) is 4.71. The van der Waals surface area contributed by atoms with Gasteiger partial charge < -0.3 is 0 Å². The summed E-state index contributed by atoms with van der Waals surface area (Å²) in [6.07, 6.45) is 0.371. The molecule has 18 heavy (non-hydrogen) atoms. The Morgan fingerprint density at radius 3 is 2.67 bits per heavy atom. The van der Waals surface area contributed by atoms with Crippen molar-refractivity contribution < 1.29 is 4.39 Å². The minimum atomic E-state index is -0.313. The summed E-state index contributed by atoms with van der Waals surface area (Å²) >= 11 is 13.9. The maximum Gasteiger partial charge on any atom is 0.127 e. The van der Waals surface area contributed by atoms with E-state index < -0.39 is 0 Å². The van der Waals surface area contributed by atoms with E-state index in [1.807, 2.05) is 13.8 Å². The minimum absolute atomic E-state index is 0.300. The van der Waals surface area contributed by atoms with E-state index in [1.165, 1.54) is 6.07 Å². The molecule has 1 atom stereocenters. The van der Waals surface area contributed by atoms with E-state index >= 15 is 0 Å². The second-order valence-electron chi connectivity index (χ2n) is 4.05. The highest BCUT2D eigenvalue weighted by molar-refractivity contribution is 7.12. The Bertz CT molecular complexity index is 548. The van der Waals surface area contributed by atoms with Gasteiger partial charge in [-0.15, -0.1) is 22.9 Å². The summed E-state index contributed by atoms with van der Waals surface area (Å²) in [6, 6.07) is 4.66. The molecule has 0 bridgehead atoms. The molecule has 0 radical (unpaired) electrons. The Morgan fingerprint density at radius 1 is 1.39 bits per heavy atom. The first kappa shape index (κ1) is 13.8. The Labute approximate surface area is 120 Å². The predicted molar refractivity (Wildman–Crippen MR) is 75.3 cm³/mol. The van der Waals surface area contributed by atoms with Gasteiger partial charge in [0.2, 0.25) is 0 Å². The highest BCUT2D eigenvalue weighted by Crippen LogP contribution is 2.34. The fraction of sp³-hybridized carbons (Fsp3) is 0.308. The summed E-state index contributed by atoms with van der Waals surface area (Å²) in [5.41, 5.74) is 1.37. The third-order valence-electron chi connectivity index (χ3n) is 2.67. The van der Waals surface area contributed by atoms with E-state index in [-0.39, 0.29) is 11.2 Å². The molecule has 1 nitrogen and oxygen atoms in total. The van der Waals surface area contributed by atoms with Crippen molar-refractivity contribution in [3.63, 3.8) is 0 Å². The van der Waals surface area contributed by atoms with Crippen molar-refractivity contribution in [3.05, 3.63) is 50.2 Å². The molecule has 1 heterocycles. The second-order valence-corrected chi connectivity index (χ2v) is 6.22. The van der Waals surface area contributed by atoms with Gasteiger partial charge in [0.25, 0.3) is 0 Å². The van der Waals surface area contributed by atoms with Gasteiger partial charge in [0, 0.05) is 15.5 Å². The van der Waals surface area contributed by atoms with E-state index in [0.717, 1.165) is 15.6 Å². The molecular weight excluding hydrogens is 292 g/mol. The summed E-state index contributed by atoms with van der Waals surface area (Å²) in [6.45, 7) is 3.85. The lowest BCUT2D eigenvalue weighted by molar-refractivity contribution is 0.607. The lowest BCUT2D eigenvalue weighted by Crippen LogP contribution is -1.99. The van der Waals surface area contributed by atoms with Crippen molar-refractivity contribution in [1.82, 2.24) is 4.98 Å². The molecule has 0 N–H and O–H groups in total. The first-order valence-corrected chi connectivity index (χ1v) is 7.13. The van der Waals surface area contributed by atoms with Crippen molar-refractivity contribution in [2.24, 2.45) is 0 Å². The molecule has 1 aromatic carbocycles. The first-order chi connectivity index (χ1) is 8.49. The third kappa shape index (κ3) is 2.85. The van der Waals surface area contributed by atoms with Crippen LogP contribution in [0.25, 0.3) is 0 Å². The Balaban J connectivity index is 2.26. The number of aryl methyl sites for hydroxylation is 2. The van der Waals surface area contributed by atoms with Crippen LogP contribution in [0.5, 0.6) is 0 Å². The number of halogens is 3. The molecule has 1 aromatic heterocycles. The summed E-state index contributed by atoms with van der Waals surface area (Å²) in [4.78, 5) is 5.31. The number of alkyl halides is 1. The molecule has 96 valence electrons. The number of aromatic nitrogens is 1. The van der Waals surface area contributed by atoms with Crippen molar-refractivity contribution in [3.8, 4) is 0 Å². The van der Waals surface area contributed by atoms with Crippen LogP contribution in [0, 0.1) is 19.7 Å². The van der Waals surface area contributed by atoms with Crippen LogP contribution in [0.4, 0.5) is 4.39 Å². The van der Waals surface area contributed by atoms with Gasteiger partial charge >= 0.3 is 0 Å². The first-order valence-electron chi connectivity index (χ1n) is 5.50. The average Bonchev–Trinajstić information content (AvgIpc) is 2.63. The van der Waals surface area contributed by atoms with Crippen molar-refractivity contribution in [2.45, 2.75) is 25.6 Å². The molecule has 0 spiro atoms. The smallest absolute Gasteiger partial charge is 0.127 e. The Kier molecular flexibility index (Phi) is 4.25. The van der Waals surface area contributed by atoms with Crippen LogP contribution in [-0.2, 0) is 6.42 Å². The van der Waals surface area contributed by atoms with Crippen LogP contribution in [0.15, 0.2) is 18.2 Å². The minimum Gasteiger partial charge on any atom is -0.247 e. The summed E-state index contributed by atoms with van der Waals surface area (Å²) in [5, 5.41) is 1.08. The van der Waals surface area contributed by atoms with Crippen molar-refractivity contribution in [2.75, 3.05) is 0 Å². The maximum absolute atomic E-state index is 13.7. The lowest BCUT2D eigenvalue weighted by Gasteiger charge is -2.10. The molecule has 0 saturated carbocycles. The molecule has 5 heteroatoms. The number of rotatable bonds is 3. The second kappa shape index (κ2) is 5.55. The molecule has 2 rings (SSSR count). The van der Waals surface area contributed by atoms with Gasteiger partial charge in [-0.25, -0.2) is 9.37 Å². The fourth-order valence-electron chi connectivity index (χ4n) is 1.84. The molecule has 0 aliphatic heterocycles. The summed E-state index contributed by atoms with van der Waals surface area (Å²) in [7, 11) is 0. The topological polar surface area (TPSA) is 12.9 Å². The van der Waals surface area contributed by atoms with E-state index in [1.54, 1.807) is 23.5 Å². The quantitative estimate of drug-likeness (QED) is 0.721. The fourth-order valence-corrected chi connectivity index (χ4v) is 3.43. The average molecular weight is 304 g/mol. The van der Waals surface area contributed by atoms with Gasteiger partial charge in [-0.2, -0.15) is 0 Å². The van der Waals surface area contributed by atoms with Gasteiger partial charge in [0.1, 0.15) is 5.82 Å². The molecule has 0 aliphatic carbocycles. The highest BCUT2D eigenvalue weighted by Gasteiger charge is 2.18. The van der Waals surface area contributed by atoms with Crippen molar-refractivity contribution >= 4 is 34.5 Å². The largest absolute Gasteiger partial charge is 0.247 e. The summed E-state index contributed by atoms with van der Waals surface area (Å²) in [5.74, 6) is -0.313. The van der Waals surface area contributed by atoms with Crippen LogP contribution in [-0.4, -0.2) is 4.98 Å². The van der Waals surface area contributed by atoms with Crippen LogP contribution in [0.2, 0.25) is 5.02 Å². The van der Waals surface area contributed by atoms with Gasteiger partial charge in [-0.3, -0.25) is 0 Å². The standard InChI is InChI=1S/C13H12Cl2FNS/c1-7-13(18-8(2)17-7)11(15)6-9-10(14)4-3-5-12(9)16/h3-5,11H,6H2,1-2H3.